The van der Waals surface area contributed by atoms with E-state index < -0.39 is 0 Å². The van der Waals surface area contributed by atoms with Crippen LogP contribution in [0.3, 0.4) is 0 Å². The molecule has 0 bridgehead atoms. The third kappa shape index (κ3) is 3.78. The summed E-state index contributed by atoms with van der Waals surface area (Å²) in [5.41, 5.74) is 4.01. The highest BCUT2D eigenvalue weighted by Crippen LogP contribution is 2.37. The number of ether oxygens (including phenoxy) is 1. The van der Waals surface area contributed by atoms with E-state index in [4.69, 9.17) is 16.3 Å². The summed E-state index contributed by atoms with van der Waals surface area (Å²) in [7, 11) is 3.51. The maximum atomic E-state index is 6.29. The maximum Gasteiger partial charge on any atom is 0.167 e. The van der Waals surface area contributed by atoms with Gasteiger partial charge in [0.25, 0.3) is 0 Å². The minimum Gasteiger partial charge on any atom is -0.495 e. The Kier molecular flexibility index (Phi) is 5.63. The fourth-order valence-corrected chi connectivity index (χ4v) is 5.49. The van der Waals surface area contributed by atoms with Crippen LogP contribution in [0.1, 0.15) is 11.6 Å². The molecule has 0 spiro atoms. The van der Waals surface area contributed by atoms with Crippen molar-refractivity contribution in [1.82, 2.24) is 29.1 Å². The highest BCUT2D eigenvalue weighted by Gasteiger charge is 2.16. The number of nitrogens with one attached hydrogen (secondary N) is 1. The number of methoxy groups -OCH3 is 1. The van der Waals surface area contributed by atoms with Gasteiger partial charge in [-0.2, -0.15) is 5.10 Å². The second kappa shape index (κ2) is 8.04. The summed E-state index contributed by atoms with van der Waals surface area (Å²) in [4.78, 5) is 13.6. The van der Waals surface area contributed by atoms with Gasteiger partial charge in [0.1, 0.15) is 28.1 Å². The van der Waals surface area contributed by atoms with Gasteiger partial charge < -0.3 is 10.1 Å². The molecule has 29 heavy (non-hydrogen) atoms. The lowest BCUT2D eigenvalue weighted by molar-refractivity contribution is 0.417. The van der Waals surface area contributed by atoms with Crippen molar-refractivity contribution in [2.75, 3.05) is 12.4 Å². The summed E-state index contributed by atoms with van der Waals surface area (Å²) >= 11 is 8.60. The van der Waals surface area contributed by atoms with Crippen LogP contribution in [0.5, 0.6) is 5.75 Å². The van der Waals surface area contributed by atoms with Crippen LogP contribution in [0.4, 0.5) is 11.4 Å². The van der Waals surface area contributed by atoms with Crippen LogP contribution < -0.4 is 10.1 Å². The lowest BCUT2D eigenvalue weighted by Crippen LogP contribution is -1.99. The normalized spacial score (nSPS) is 11.7. The molecule has 1 atom stereocenters. The summed E-state index contributed by atoms with van der Waals surface area (Å²) in [5.74, 6) is 3.07. The number of halogens is 2. The second-order valence-electron chi connectivity index (χ2n) is 6.39. The van der Waals surface area contributed by atoms with Gasteiger partial charge >= 0.3 is 0 Å². The molecule has 1 unspecified atom stereocenters. The lowest BCUT2D eigenvalue weighted by atomic mass is 10.1. The van der Waals surface area contributed by atoms with Crippen molar-refractivity contribution in [3.8, 4) is 17.1 Å². The van der Waals surface area contributed by atoms with E-state index in [1.165, 1.54) is 0 Å². The fourth-order valence-electron chi connectivity index (χ4n) is 3.16. The van der Waals surface area contributed by atoms with Crippen molar-refractivity contribution >= 4 is 62.6 Å². The zero-order valence-corrected chi connectivity index (χ0v) is 20.1. The molecular weight excluding hydrogens is 524 g/mol. The van der Waals surface area contributed by atoms with Crippen LogP contribution in [0.2, 0.25) is 5.15 Å². The molecule has 0 saturated carbocycles. The van der Waals surface area contributed by atoms with E-state index in [1.807, 2.05) is 43.4 Å². The summed E-state index contributed by atoms with van der Waals surface area (Å²) < 4.78 is 9.42. The smallest absolute Gasteiger partial charge is 0.167 e. The topological polar surface area (TPSA) is 82.7 Å². The van der Waals surface area contributed by atoms with E-state index in [9.17, 15) is 0 Å². The lowest BCUT2D eigenvalue weighted by Gasteiger charge is -2.13. The first kappa shape index (κ1) is 20.3. The molecule has 4 aromatic rings. The van der Waals surface area contributed by atoms with Crippen molar-refractivity contribution in [2.24, 2.45) is 7.05 Å². The van der Waals surface area contributed by atoms with E-state index >= 15 is 0 Å². The molecule has 0 aliphatic rings. The number of aromatic nitrogens is 6. The predicted molar refractivity (Wildman–Crippen MR) is 126 cm³/mol. The monoisotopic (exact) mass is 541 g/mol. The zero-order valence-electron chi connectivity index (χ0n) is 16.2. The standard InChI is InChI=1S/C18H18ClIN7OP/c1-9-21-17(26(3)25-9)11-5-6-12(14(7-11)28-4)23-13-8-15(19)24-18-16(13)22-10(2)27(18)29-20/h5-8,29H,1-4H3,(H,23,24). The quantitative estimate of drug-likeness (QED) is 0.217. The molecule has 0 radical (unpaired) electrons. The molecule has 0 aliphatic carbocycles. The molecule has 1 aromatic carbocycles. The number of benzene rings is 1. The molecule has 4 rings (SSSR count). The number of fused-ring (bicyclic) bond motifs is 1. The molecule has 0 fully saturated rings. The van der Waals surface area contributed by atoms with Crippen LogP contribution in [-0.4, -0.2) is 36.2 Å². The number of hydrogen-bond donors (Lipinski definition) is 1. The maximum absolute atomic E-state index is 6.29. The Balaban J connectivity index is 1.78. The first-order valence-electron chi connectivity index (χ1n) is 8.66. The van der Waals surface area contributed by atoms with E-state index in [1.54, 1.807) is 17.9 Å². The number of nitrogens with zero attached hydrogens (tertiary/aromatic N) is 6. The number of imidazole rings is 1. The number of anilines is 2. The van der Waals surface area contributed by atoms with Crippen LogP contribution in [0.15, 0.2) is 24.3 Å². The van der Waals surface area contributed by atoms with Crippen LogP contribution in [0.25, 0.3) is 22.6 Å². The van der Waals surface area contributed by atoms with Crippen molar-refractivity contribution in [1.29, 1.82) is 0 Å². The van der Waals surface area contributed by atoms with Gasteiger partial charge in [-0.25, -0.2) is 19.6 Å². The Hall–Kier alpha value is -1.97. The third-order valence-corrected chi connectivity index (χ3v) is 6.78. The summed E-state index contributed by atoms with van der Waals surface area (Å²) in [5, 5.41) is 8.12. The SMILES string of the molecule is COc1cc(-c2nc(C)nn2C)ccc1Nc1cc(Cl)nc2c1nc(C)n2PI. The van der Waals surface area contributed by atoms with Crippen LogP contribution in [0, 0.1) is 13.8 Å². The third-order valence-electron chi connectivity index (χ3n) is 4.43. The van der Waals surface area contributed by atoms with Crippen molar-refractivity contribution in [3.05, 3.63) is 41.1 Å². The first-order valence-corrected chi connectivity index (χ1v) is 13.1. The molecule has 0 aliphatic heterocycles. The summed E-state index contributed by atoms with van der Waals surface area (Å²) in [6, 6.07) is 7.63. The van der Waals surface area contributed by atoms with Gasteiger partial charge in [0, 0.05) is 18.7 Å². The van der Waals surface area contributed by atoms with Crippen molar-refractivity contribution in [2.45, 2.75) is 13.8 Å². The first-order chi connectivity index (χ1) is 13.9. The largest absolute Gasteiger partial charge is 0.495 e. The van der Waals surface area contributed by atoms with Gasteiger partial charge in [0.2, 0.25) is 0 Å². The number of pyridine rings is 1. The summed E-state index contributed by atoms with van der Waals surface area (Å²) in [6.07, 6.45) is 0.484. The molecule has 3 aromatic heterocycles. The van der Waals surface area contributed by atoms with Gasteiger partial charge in [0.15, 0.2) is 11.5 Å². The molecule has 0 amide bonds. The molecule has 150 valence electrons. The van der Waals surface area contributed by atoms with Crippen molar-refractivity contribution in [3.63, 3.8) is 0 Å². The minimum atomic E-state index is 0.404. The molecular formula is C18H18ClIN7OP. The number of hydrogen-bond acceptors (Lipinski definition) is 6. The Labute approximate surface area is 187 Å². The highest BCUT2D eigenvalue weighted by molar-refractivity contribution is 14.2. The van der Waals surface area contributed by atoms with Gasteiger partial charge in [-0.1, -0.05) is 11.6 Å². The van der Waals surface area contributed by atoms with Gasteiger partial charge in [-0.05, 0) is 54.1 Å². The van der Waals surface area contributed by atoms with E-state index in [2.05, 4.69) is 47.4 Å². The van der Waals surface area contributed by atoms with Crippen LogP contribution in [-0.2, 0) is 7.05 Å². The highest BCUT2D eigenvalue weighted by atomic mass is 127. The summed E-state index contributed by atoms with van der Waals surface area (Å²) in [6.45, 7) is 3.83. The average molecular weight is 542 g/mol. The molecule has 0 saturated heterocycles. The molecule has 8 nitrogen and oxygen atoms in total. The number of rotatable bonds is 5. The zero-order chi connectivity index (χ0) is 20.7. The second-order valence-corrected chi connectivity index (χ2v) is 8.84. The molecule has 3 heterocycles. The Morgan fingerprint density at radius 1 is 1.14 bits per heavy atom. The van der Waals surface area contributed by atoms with Gasteiger partial charge in [-0.3, -0.25) is 4.34 Å². The van der Waals surface area contributed by atoms with E-state index in [-0.39, 0.29) is 0 Å². The van der Waals surface area contributed by atoms with Gasteiger partial charge in [0.05, 0.1) is 24.9 Å². The molecule has 1 N–H and O–H groups in total. The fraction of sp³-hybridized carbons (Fsp3) is 0.222. The number of aryl methyl sites for hydroxylation is 3. The predicted octanol–water partition coefficient (Wildman–Crippen LogP) is 5.04. The Bertz CT molecular complexity index is 1220. The average Bonchev–Trinajstić information content (AvgIpc) is 3.19. The van der Waals surface area contributed by atoms with E-state index in [0.29, 0.717) is 17.3 Å². The van der Waals surface area contributed by atoms with Gasteiger partial charge in [-0.15, -0.1) is 0 Å². The van der Waals surface area contributed by atoms with Crippen molar-refractivity contribution < 1.29 is 4.74 Å². The van der Waals surface area contributed by atoms with E-state index in [0.717, 1.165) is 45.6 Å². The van der Waals surface area contributed by atoms with Crippen LogP contribution >= 0.6 is 40.0 Å². The Morgan fingerprint density at radius 3 is 2.59 bits per heavy atom. The Morgan fingerprint density at radius 2 is 1.93 bits per heavy atom. The minimum absolute atomic E-state index is 0.404. The molecule has 11 heteroatoms.